The molecule has 0 aliphatic heterocycles. The van der Waals surface area contributed by atoms with E-state index < -0.39 is 0 Å². The monoisotopic (exact) mass is 386 g/mol. The van der Waals surface area contributed by atoms with E-state index in [0.29, 0.717) is 6.10 Å². The van der Waals surface area contributed by atoms with Gasteiger partial charge in [0.15, 0.2) is 0 Å². The lowest BCUT2D eigenvalue weighted by molar-refractivity contribution is -0.109. The minimum atomic E-state index is 0.0864. The van der Waals surface area contributed by atoms with Crippen LogP contribution in [0.25, 0.3) is 0 Å². The molecule has 1 aromatic carbocycles. The van der Waals surface area contributed by atoms with Crippen LogP contribution in [0, 0.1) is 0 Å². The molecule has 2 heteroatoms. The SMILES string of the molecule is O=CC(CCCCCCCCCCCCOC1CCCCC1)c1ccccc1. The summed E-state index contributed by atoms with van der Waals surface area (Å²) in [5, 5.41) is 0. The molecule has 0 bridgehead atoms. The van der Waals surface area contributed by atoms with Gasteiger partial charge in [-0.05, 0) is 31.2 Å². The maximum atomic E-state index is 11.3. The van der Waals surface area contributed by atoms with Crippen LogP contribution in [-0.4, -0.2) is 19.0 Å². The molecule has 0 amide bonds. The van der Waals surface area contributed by atoms with Crippen molar-refractivity contribution < 1.29 is 9.53 Å². The van der Waals surface area contributed by atoms with Gasteiger partial charge in [0.25, 0.3) is 0 Å². The molecule has 1 unspecified atom stereocenters. The second kappa shape index (κ2) is 15.7. The average molecular weight is 387 g/mol. The molecule has 158 valence electrons. The highest BCUT2D eigenvalue weighted by molar-refractivity contribution is 5.61. The van der Waals surface area contributed by atoms with Crippen molar-refractivity contribution in [2.75, 3.05) is 6.61 Å². The van der Waals surface area contributed by atoms with Crippen molar-refractivity contribution in [3.05, 3.63) is 35.9 Å². The fraction of sp³-hybridized carbons (Fsp3) is 0.731. The van der Waals surface area contributed by atoms with Crippen LogP contribution < -0.4 is 0 Å². The first-order valence-electron chi connectivity index (χ1n) is 12.0. The van der Waals surface area contributed by atoms with E-state index in [1.54, 1.807) is 0 Å². The lowest BCUT2D eigenvalue weighted by atomic mass is 9.94. The maximum absolute atomic E-state index is 11.3. The molecule has 0 saturated heterocycles. The van der Waals surface area contributed by atoms with Crippen molar-refractivity contribution >= 4 is 6.29 Å². The molecule has 0 radical (unpaired) electrons. The number of benzene rings is 1. The third-order valence-corrected chi connectivity index (χ3v) is 6.21. The third kappa shape index (κ3) is 10.4. The molecular formula is C26H42O2. The van der Waals surface area contributed by atoms with E-state index in [1.165, 1.54) is 102 Å². The van der Waals surface area contributed by atoms with Crippen LogP contribution in [0.5, 0.6) is 0 Å². The molecule has 1 aromatic rings. The summed E-state index contributed by atoms with van der Waals surface area (Å²) < 4.78 is 6.00. The Labute approximate surface area is 173 Å². The zero-order chi connectivity index (χ0) is 19.7. The molecule has 2 rings (SSSR count). The lowest BCUT2D eigenvalue weighted by Gasteiger charge is -2.21. The zero-order valence-corrected chi connectivity index (χ0v) is 18.0. The topological polar surface area (TPSA) is 26.3 Å². The molecule has 1 atom stereocenters. The fourth-order valence-electron chi connectivity index (χ4n) is 4.38. The first kappa shape index (κ1) is 23.1. The minimum Gasteiger partial charge on any atom is -0.378 e. The molecule has 2 nitrogen and oxygen atoms in total. The Morgan fingerprint density at radius 3 is 1.96 bits per heavy atom. The highest BCUT2D eigenvalue weighted by atomic mass is 16.5. The second-order valence-electron chi connectivity index (χ2n) is 8.61. The molecule has 1 saturated carbocycles. The van der Waals surface area contributed by atoms with Gasteiger partial charge in [-0.25, -0.2) is 0 Å². The van der Waals surface area contributed by atoms with Crippen molar-refractivity contribution in [2.45, 2.75) is 115 Å². The van der Waals surface area contributed by atoms with Crippen LogP contribution in [0.2, 0.25) is 0 Å². The summed E-state index contributed by atoms with van der Waals surface area (Å²) in [6, 6.07) is 10.2. The quantitative estimate of drug-likeness (QED) is 0.216. The van der Waals surface area contributed by atoms with Gasteiger partial charge in [0.2, 0.25) is 0 Å². The van der Waals surface area contributed by atoms with E-state index in [4.69, 9.17) is 4.74 Å². The van der Waals surface area contributed by atoms with Gasteiger partial charge in [0.05, 0.1) is 6.10 Å². The summed E-state index contributed by atoms with van der Waals surface area (Å²) in [6.45, 7) is 0.982. The van der Waals surface area contributed by atoms with E-state index in [-0.39, 0.29) is 5.92 Å². The molecule has 28 heavy (non-hydrogen) atoms. The zero-order valence-electron chi connectivity index (χ0n) is 18.0. The van der Waals surface area contributed by atoms with Crippen molar-refractivity contribution in [1.82, 2.24) is 0 Å². The molecule has 0 heterocycles. The summed E-state index contributed by atoms with van der Waals surface area (Å²) in [6.07, 6.45) is 22.6. The molecule has 0 N–H and O–H groups in total. The lowest BCUT2D eigenvalue weighted by Crippen LogP contribution is -2.17. The van der Waals surface area contributed by atoms with E-state index in [0.717, 1.165) is 19.3 Å². The van der Waals surface area contributed by atoms with Crippen LogP contribution in [0.4, 0.5) is 0 Å². The average Bonchev–Trinajstić information content (AvgIpc) is 2.75. The van der Waals surface area contributed by atoms with E-state index in [1.807, 2.05) is 18.2 Å². The second-order valence-corrected chi connectivity index (χ2v) is 8.61. The molecule has 0 aromatic heterocycles. The molecule has 1 aliphatic carbocycles. The van der Waals surface area contributed by atoms with E-state index in [2.05, 4.69) is 12.1 Å². The highest BCUT2D eigenvalue weighted by Crippen LogP contribution is 2.22. The van der Waals surface area contributed by atoms with Crippen LogP contribution in [-0.2, 0) is 9.53 Å². The van der Waals surface area contributed by atoms with Crippen molar-refractivity contribution in [3.8, 4) is 0 Å². The molecule has 1 fully saturated rings. The van der Waals surface area contributed by atoms with Gasteiger partial charge in [-0.3, -0.25) is 0 Å². The summed E-state index contributed by atoms with van der Waals surface area (Å²) in [5.74, 6) is 0.0864. The van der Waals surface area contributed by atoms with Gasteiger partial charge in [0, 0.05) is 12.5 Å². The van der Waals surface area contributed by atoms with Crippen LogP contribution in [0.1, 0.15) is 114 Å². The minimum absolute atomic E-state index is 0.0864. The Bertz CT molecular complexity index is 478. The number of aldehydes is 1. The number of carbonyl (C=O) groups is 1. The van der Waals surface area contributed by atoms with Gasteiger partial charge in [-0.15, -0.1) is 0 Å². The predicted octanol–water partition coefficient (Wildman–Crippen LogP) is 7.61. The first-order chi connectivity index (χ1) is 13.9. The first-order valence-corrected chi connectivity index (χ1v) is 12.0. The Balaban J connectivity index is 1.32. The number of hydrogen-bond acceptors (Lipinski definition) is 2. The Morgan fingerprint density at radius 2 is 1.36 bits per heavy atom. The van der Waals surface area contributed by atoms with Gasteiger partial charge in [0.1, 0.15) is 6.29 Å². The van der Waals surface area contributed by atoms with E-state index >= 15 is 0 Å². The Morgan fingerprint density at radius 1 is 0.786 bits per heavy atom. The molecule has 1 aliphatic rings. The van der Waals surface area contributed by atoms with Crippen molar-refractivity contribution in [3.63, 3.8) is 0 Å². The Hall–Kier alpha value is -1.15. The molecule has 0 spiro atoms. The summed E-state index contributed by atoms with van der Waals surface area (Å²) >= 11 is 0. The van der Waals surface area contributed by atoms with Crippen molar-refractivity contribution in [1.29, 1.82) is 0 Å². The van der Waals surface area contributed by atoms with E-state index in [9.17, 15) is 4.79 Å². The number of ether oxygens (including phenoxy) is 1. The third-order valence-electron chi connectivity index (χ3n) is 6.21. The number of carbonyl (C=O) groups excluding carboxylic acids is 1. The largest absolute Gasteiger partial charge is 0.378 e. The molecular weight excluding hydrogens is 344 g/mol. The highest BCUT2D eigenvalue weighted by Gasteiger charge is 2.13. The van der Waals surface area contributed by atoms with Crippen LogP contribution in [0.15, 0.2) is 30.3 Å². The number of rotatable bonds is 16. The van der Waals surface area contributed by atoms with Gasteiger partial charge >= 0.3 is 0 Å². The van der Waals surface area contributed by atoms with Gasteiger partial charge in [-0.1, -0.05) is 107 Å². The number of unbranched alkanes of at least 4 members (excludes halogenated alkanes) is 9. The summed E-state index contributed by atoms with van der Waals surface area (Å²) in [7, 11) is 0. The van der Waals surface area contributed by atoms with Crippen molar-refractivity contribution in [2.24, 2.45) is 0 Å². The standard InChI is InChI=1S/C26H42O2/c27-23-25(24-17-12-9-13-18-24)19-11-7-5-3-1-2-4-6-8-16-22-28-26-20-14-10-15-21-26/h9,12-13,17-18,23,25-26H,1-8,10-11,14-16,19-22H2. The van der Waals surface area contributed by atoms with Crippen LogP contribution in [0.3, 0.4) is 0 Å². The Kier molecular flexibility index (Phi) is 13.0. The fourth-order valence-corrected chi connectivity index (χ4v) is 4.38. The smallest absolute Gasteiger partial charge is 0.127 e. The van der Waals surface area contributed by atoms with Gasteiger partial charge in [-0.2, -0.15) is 0 Å². The van der Waals surface area contributed by atoms with Gasteiger partial charge < -0.3 is 9.53 Å². The predicted molar refractivity (Wildman–Crippen MR) is 119 cm³/mol. The number of hydrogen-bond donors (Lipinski definition) is 0. The summed E-state index contributed by atoms with van der Waals surface area (Å²) in [4.78, 5) is 11.3. The summed E-state index contributed by atoms with van der Waals surface area (Å²) in [5.41, 5.74) is 1.17. The van der Waals surface area contributed by atoms with Crippen LogP contribution >= 0.6 is 0 Å². The normalized spacial score (nSPS) is 16.1. The maximum Gasteiger partial charge on any atom is 0.127 e.